The maximum Gasteiger partial charge on any atom is 0.307 e. The number of esters is 1. The van der Waals surface area contributed by atoms with Crippen LogP contribution in [0.2, 0.25) is 0 Å². The van der Waals surface area contributed by atoms with E-state index < -0.39 is 0 Å². The fraction of sp³-hybridized carbons (Fsp3) is 0.818. The van der Waals surface area contributed by atoms with E-state index in [-0.39, 0.29) is 30.4 Å². The van der Waals surface area contributed by atoms with Gasteiger partial charge in [0, 0.05) is 36.6 Å². The third kappa shape index (κ3) is 5.93. The molecular formula is C11H20N2O3S. The van der Waals surface area contributed by atoms with E-state index in [1.165, 1.54) is 7.11 Å². The lowest BCUT2D eigenvalue weighted by Crippen LogP contribution is -2.43. The first-order valence-electron chi connectivity index (χ1n) is 5.79. The number of ether oxygens (including phenoxy) is 1. The second-order valence-corrected chi connectivity index (χ2v) is 5.33. The highest BCUT2D eigenvalue weighted by Crippen LogP contribution is 2.10. The van der Waals surface area contributed by atoms with E-state index >= 15 is 0 Å². The number of hydrogen-bond donors (Lipinski definition) is 2. The zero-order chi connectivity index (χ0) is 12.7. The summed E-state index contributed by atoms with van der Waals surface area (Å²) in [6.07, 6.45) is 0.688. The van der Waals surface area contributed by atoms with Crippen LogP contribution < -0.4 is 10.6 Å². The number of carbonyl (C=O) groups excluding carboxylic acids is 2. The molecule has 1 rings (SSSR count). The Hall–Kier alpha value is -0.750. The van der Waals surface area contributed by atoms with Gasteiger partial charge in [-0.05, 0) is 6.92 Å². The summed E-state index contributed by atoms with van der Waals surface area (Å²) in [6.45, 7) is 2.76. The molecule has 2 atom stereocenters. The first-order chi connectivity index (χ1) is 8.11. The topological polar surface area (TPSA) is 67.4 Å². The van der Waals surface area contributed by atoms with E-state index in [2.05, 4.69) is 15.4 Å². The van der Waals surface area contributed by atoms with E-state index in [0.717, 1.165) is 18.1 Å². The SMILES string of the molecule is COC(=O)CC(C)NC(=O)CC1CSCCN1. The van der Waals surface area contributed by atoms with Gasteiger partial charge in [-0.1, -0.05) is 0 Å². The Balaban J connectivity index is 2.21. The Labute approximate surface area is 106 Å². The summed E-state index contributed by atoms with van der Waals surface area (Å²) in [5, 5.41) is 6.11. The molecule has 2 N–H and O–H groups in total. The fourth-order valence-electron chi connectivity index (χ4n) is 1.69. The Kier molecular flexibility index (Phi) is 6.36. The third-order valence-electron chi connectivity index (χ3n) is 2.54. The van der Waals surface area contributed by atoms with Gasteiger partial charge >= 0.3 is 5.97 Å². The van der Waals surface area contributed by atoms with Crippen molar-refractivity contribution in [1.29, 1.82) is 0 Å². The van der Waals surface area contributed by atoms with Crippen molar-refractivity contribution < 1.29 is 14.3 Å². The summed E-state index contributed by atoms with van der Waals surface area (Å²) in [5.41, 5.74) is 0. The van der Waals surface area contributed by atoms with Crippen LogP contribution in [0.3, 0.4) is 0 Å². The highest BCUT2D eigenvalue weighted by atomic mass is 32.2. The van der Waals surface area contributed by atoms with Gasteiger partial charge in [-0.3, -0.25) is 9.59 Å². The van der Waals surface area contributed by atoms with Gasteiger partial charge in [0.1, 0.15) is 0 Å². The van der Waals surface area contributed by atoms with Gasteiger partial charge in [-0.2, -0.15) is 11.8 Å². The van der Waals surface area contributed by atoms with Crippen molar-refractivity contribution in [3.05, 3.63) is 0 Å². The van der Waals surface area contributed by atoms with Gasteiger partial charge in [-0.15, -0.1) is 0 Å². The van der Waals surface area contributed by atoms with Crippen LogP contribution in [-0.4, -0.2) is 49.1 Å². The first-order valence-corrected chi connectivity index (χ1v) is 6.94. The molecule has 5 nitrogen and oxygen atoms in total. The Morgan fingerprint density at radius 2 is 2.35 bits per heavy atom. The molecule has 98 valence electrons. The highest BCUT2D eigenvalue weighted by Gasteiger charge is 2.18. The minimum absolute atomic E-state index is 0.0126. The number of amides is 1. The normalized spacial score (nSPS) is 21.6. The molecule has 0 aromatic heterocycles. The lowest BCUT2D eigenvalue weighted by Gasteiger charge is -2.23. The van der Waals surface area contributed by atoms with E-state index in [1.54, 1.807) is 6.92 Å². The molecule has 1 amide bonds. The molecule has 1 fully saturated rings. The molecule has 1 saturated heterocycles. The van der Waals surface area contributed by atoms with Crippen molar-refractivity contribution in [3.8, 4) is 0 Å². The van der Waals surface area contributed by atoms with Gasteiger partial charge in [0.2, 0.25) is 5.91 Å². The molecule has 0 aromatic carbocycles. The molecule has 6 heteroatoms. The lowest BCUT2D eigenvalue weighted by molar-refractivity contribution is -0.141. The molecular weight excluding hydrogens is 240 g/mol. The Bertz CT molecular complexity index is 267. The molecule has 0 spiro atoms. The molecule has 0 saturated carbocycles. The smallest absolute Gasteiger partial charge is 0.307 e. The quantitative estimate of drug-likeness (QED) is 0.689. The summed E-state index contributed by atoms with van der Waals surface area (Å²) >= 11 is 1.86. The minimum atomic E-state index is -0.302. The number of nitrogens with one attached hydrogen (secondary N) is 2. The zero-order valence-corrected chi connectivity index (χ0v) is 11.1. The van der Waals surface area contributed by atoms with Crippen LogP contribution in [0.5, 0.6) is 0 Å². The maximum absolute atomic E-state index is 11.7. The fourth-order valence-corrected chi connectivity index (χ4v) is 2.64. The minimum Gasteiger partial charge on any atom is -0.469 e. The van der Waals surface area contributed by atoms with Gasteiger partial charge in [0.25, 0.3) is 0 Å². The predicted octanol–water partition coefficient (Wildman–Crippen LogP) is 0.149. The van der Waals surface area contributed by atoms with Crippen molar-refractivity contribution in [2.75, 3.05) is 25.2 Å². The van der Waals surface area contributed by atoms with Crippen molar-refractivity contribution in [2.24, 2.45) is 0 Å². The average molecular weight is 260 g/mol. The largest absolute Gasteiger partial charge is 0.469 e. The number of methoxy groups -OCH3 is 1. The molecule has 0 bridgehead atoms. The first kappa shape index (κ1) is 14.3. The lowest BCUT2D eigenvalue weighted by atomic mass is 10.2. The van der Waals surface area contributed by atoms with Crippen molar-refractivity contribution in [1.82, 2.24) is 10.6 Å². The number of thioether (sulfide) groups is 1. The van der Waals surface area contributed by atoms with Crippen LogP contribution in [0.25, 0.3) is 0 Å². The van der Waals surface area contributed by atoms with Crippen LogP contribution in [0, 0.1) is 0 Å². The van der Waals surface area contributed by atoms with Crippen LogP contribution in [0.1, 0.15) is 19.8 Å². The molecule has 1 aliphatic heterocycles. The summed E-state index contributed by atoms with van der Waals surface area (Å²) in [6, 6.07) is 0.0743. The highest BCUT2D eigenvalue weighted by molar-refractivity contribution is 7.99. The summed E-state index contributed by atoms with van der Waals surface area (Å²) in [4.78, 5) is 22.7. The van der Waals surface area contributed by atoms with Gasteiger partial charge in [-0.25, -0.2) is 0 Å². The number of carbonyl (C=O) groups is 2. The van der Waals surface area contributed by atoms with Crippen LogP contribution in [-0.2, 0) is 14.3 Å². The molecule has 1 aliphatic rings. The van der Waals surface area contributed by atoms with Crippen molar-refractivity contribution in [3.63, 3.8) is 0 Å². The van der Waals surface area contributed by atoms with Gasteiger partial charge in [0.05, 0.1) is 13.5 Å². The number of hydrogen-bond acceptors (Lipinski definition) is 5. The van der Waals surface area contributed by atoms with Crippen LogP contribution in [0.4, 0.5) is 0 Å². The van der Waals surface area contributed by atoms with Crippen molar-refractivity contribution in [2.45, 2.75) is 31.8 Å². The Morgan fingerprint density at radius 1 is 1.59 bits per heavy atom. The van der Waals surface area contributed by atoms with Crippen molar-refractivity contribution >= 4 is 23.6 Å². The molecule has 2 unspecified atom stereocenters. The molecule has 0 radical (unpaired) electrons. The maximum atomic E-state index is 11.7. The van der Waals surface area contributed by atoms with E-state index in [4.69, 9.17) is 0 Å². The molecule has 0 aromatic rings. The predicted molar refractivity (Wildman–Crippen MR) is 68.0 cm³/mol. The number of rotatable bonds is 5. The summed E-state index contributed by atoms with van der Waals surface area (Å²) in [7, 11) is 1.35. The van der Waals surface area contributed by atoms with E-state index in [9.17, 15) is 9.59 Å². The average Bonchev–Trinajstić information content (AvgIpc) is 2.29. The van der Waals surface area contributed by atoms with Crippen LogP contribution >= 0.6 is 11.8 Å². The molecule has 17 heavy (non-hydrogen) atoms. The third-order valence-corrected chi connectivity index (χ3v) is 3.67. The molecule has 1 heterocycles. The standard InChI is InChI=1S/C11H20N2O3S/c1-8(5-11(15)16-2)13-10(14)6-9-7-17-4-3-12-9/h8-9,12H,3-7H2,1-2H3,(H,13,14). The summed E-state index contributed by atoms with van der Waals surface area (Å²) in [5.74, 6) is 1.76. The Morgan fingerprint density at radius 3 is 2.94 bits per heavy atom. The van der Waals surface area contributed by atoms with Gasteiger partial charge in [0.15, 0.2) is 0 Å². The second-order valence-electron chi connectivity index (χ2n) is 4.18. The van der Waals surface area contributed by atoms with Crippen LogP contribution in [0.15, 0.2) is 0 Å². The monoisotopic (exact) mass is 260 g/mol. The van der Waals surface area contributed by atoms with E-state index in [1.807, 2.05) is 11.8 Å². The second kappa shape index (κ2) is 7.55. The molecule has 0 aliphatic carbocycles. The van der Waals surface area contributed by atoms with Gasteiger partial charge < -0.3 is 15.4 Å². The van der Waals surface area contributed by atoms with E-state index in [0.29, 0.717) is 6.42 Å². The summed E-state index contributed by atoms with van der Waals surface area (Å²) < 4.78 is 4.55. The zero-order valence-electron chi connectivity index (χ0n) is 10.3.